The zero-order chi connectivity index (χ0) is 19.5. The van der Waals surface area contributed by atoms with Crippen molar-refractivity contribution in [1.29, 1.82) is 0 Å². The highest BCUT2D eigenvalue weighted by Crippen LogP contribution is 2.20. The first-order chi connectivity index (χ1) is 13.1. The molecule has 0 saturated carbocycles. The van der Waals surface area contributed by atoms with Crippen LogP contribution in [0.3, 0.4) is 0 Å². The van der Waals surface area contributed by atoms with Crippen molar-refractivity contribution >= 4 is 5.96 Å². The van der Waals surface area contributed by atoms with Gasteiger partial charge < -0.3 is 25.2 Å². The van der Waals surface area contributed by atoms with Crippen LogP contribution in [0.5, 0.6) is 5.75 Å². The van der Waals surface area contributed by atoms with Gasteiger partial charge in [-0.15, -0.1) is 0 Å². The van der Waals surface area contributed by atoms with Crippen LogP contribution < -0.4 is 15.4 Å². The maximum Gasteiger partial charge on any atom is 0.191 e. The van der Waals surface area contributed by atoms with E-state index in [0.29, 0.717) is 6.54 Å². The molecular weight excluding hydrogens is 338 g/mol. The Labute approximate surface area is 165 Å². The molecule has 0 radical (unpaired) electrons. The summed E-state index contributed by atoms with van der Waals surface area (Å²) in [6.07, 6.45) is 2.40. The summed E-state index contributed by atoms with van der Waals surface area (Å²) in [6.45, 7) is 12.5. The highest BCUT2D eigenvalue weighted by Gasteiger charge is 2.11. The van der Waals surface area contributed by atoms with Gasteiger partial charge >= 0.3 is 0 Å². The number of nitrogens with zero attached hydrogens (tertiary/aromatic N) is 3. The van der Waals surface area contributed by atoms with Gasteiger partial charge in [-0.1, -0.05) is 12.1 Å². The van der Waals surface area contributed by atoms with Gasteiger partial charge in [0.25, 0.3) is 0 Å². The van der Waals surface area contributed by atoms with E-state index in [4.69, 9.17) is 9.73 Å². The van der Waals surface area contributed by atoms with E-state index in [0.717, 1.165) is 43.3 Å². The molecule has 152 valence electrons. The minimum Gasteiger partial charge on any atom is -0.496 e. The van der Waals surface area contributed by atoms with Crippen LogP contribution >= 0.6 is 0 Å². The van der Waals surface area contributed by atoms with Gasteiger partial charge in [-0.05, 0) is 65.0 Å². The molecule has 6 nitrogen and oxygen atoms in total. The normalized spacial score (nSPS) is 16.8. The van der Waals surface area contributed by atoms with Crippen LogP contribution in [0.4, 0.5) is 0 Å². The molecule has 2 rings (SSSR count). The smallest absolute Gasteiger partial charge is 0.191 e. The SMILES string of the molecule is CCNC(=NCc1ccc(C)cc1OC)NCCCN1CCCN(C)CC1. The van der Waals surface area contributed by atoms with Crippen LogP contribution in [-0.2, 0) is 6.54 Å². The van der Waals surface area contributed by atoms with E-state index in [1.807, 2.05) is 0 Å². The number of ether oxygens (including phenoxy) is 1. The first-order valence-corrected chi connectivity index (χ1v) is 10.2. The molecule has 6 heteroatoms. The summed E-state index contributed by atoms with van der Waals surface area (Å²) in [5.41, 5.74) is 2.30. The van der Waals surface area contributed by atoms with Crippen molar-refractivity contribution in [3.05, 3.63) is 29.3 Å². The Morgan fingerprint density at radius 1 is 1.19 bits per heavy atom. The van der Waals surface area contributed by atoms with Gasteiger partial charge in [0, 0.05) is 31.7 Å². The molecule has 0 bridgehead atoms. The lowest BCUT2D eigenvalue weighted by molar-refractivity contribution is 0.274. The van der Waals surface area contributed by atoms with Gasteiger partial charge in [-0.3, -0.25) is 0 Å². The van der Waals surface area contributed by atoms with E-state index in [-0.39, 0.29) is 0 Å². The van der Waals surface area contributed by atoms with Gasteiger partial charge in [0.2, 0.25) is 0 Å². The largest absolute Gasteiger partial charge is 0.496 e. The summed E-state index contributed by atoms with van der Waals surface area (Å²) in [6, 6.07) is 6.26. The number of hydrogen-bond donors (Lipinski definition) is 2. The second-order valence-electron chi connectivity index (χ2n) is 7.29. The molecule has 1 fully saturated rings. The second-order valence-corrected chi connectivity index (χ2v) is 7.29. The molecule has 0 atom stereocenters. The molecule has 0 amide bonds. The predicted octanol–water partition coefficient (Wildman–Crippen LogP) is 2.09. The molecule has 1 aromatic carbocycles. The lowest BCUT2D eigenvalue weighted by Gasteiger charge is -2.20. The fraction of sp³-hybridized carbons (Fsp3) is 0.667. The third-order valence-corrected chi connectivity index (χ3v) is 4.95. The van der Waals surface area contributed by atoms with Crippen molar-refractivity contribution < 1.29 is 4.74 Å². The van der Waals surface area contributed by atoms with Gasteiger partial charge in [0.15, 0.2) is 5.96 Å². The van der Waals surface area contributed by atoms with Crippen molar-refractivity contribution in [2.24, 2.45) is 4.99 Å². The number of nitrogens with one attached hydrogen (secondary N) is 2. The summed E-state index contributed by atoms with van der Waals surface area (Å²) < 4.78 is 5.48. The highest BCUT2D eigenvalue weighted by atomic mass is 16.5. The van der Waals surface area contributed by atoms with Crippen molar-refractivity contribution in [3.8, 4) is 5.75 Å². The number of aryl methyl sites for hydroxylation is 1. The second kappa shape index (κ2) is 11.8. The first-order valence-electron chi connectivity index (χ1n) is 10.2. The monoisotopic (exact) mass is 375 g/mol. The number of benzene rings is 1. The highest BCUT2D eigenvalue weighted by molar-refractivity contribution is 5.79. The average Bonchev–Trinajstić information content (AvgIpc) is 2.88. The van der Waals surface area contributed by atoms with Gasteiger partial charge in [-0.2, -0.15) is 0 Å². The van der Waals surface area contributed by atoms with Crippen molar-refractivity contribution in [2.45, 2.75) is 33.2 Å². The van der Waals surface area contributed by atoms with Gasteiger partial charge in [0.1, 0.15) is 5.75 Å². The lowest BCUT2D eigenvalue weighted by Crippen LogP contribution is -2.39. The maximum absolute atomic E-state index is 5.48. The molecule has 0 aliphatic carbocycles. The van der Waals surface area contributed by atoms with Crippen LogP contribution in [-0.4, -0.2) is 75.7 Å². The Hall–Kier alpha value is -1.79. The molecule has 0 unspecified atom stereocenters. The Morgan fingerprint density at radius 2 is 2.04 bits per heavy atom. The zero-order valence-electron chi connectivity index (χ0n) is 17.6. The molecule has 0 spiro atoms. The Morgan fingerprint density at radius 3 is 2.81 bits per heavy atom. The molecular formula is C21H37N5O. The van der Waals surface area contributed by atoms with Crippen molar-refractivity contribution in [3.63, 3.8) is 0 Å². The van der Waals surface area contributed by atoms with Crippen molar-refractivity contribution in [1.82, 2.24) is 20.4 Å². The number of aliphatic imine (C=N–C) groups is 1. The van der Waals surface area contributed by atoms with Crippen molar-refractivity contribution in [2.75, 3.05) is 60.0 Å². The quantitative estimate of drug-likeness (QED) is 0.414. The zero-order valence-corrected chi connectivity index (χ0v) is 17.6. The lowest BCUT2D eigenvalue weighted by atomic mass is 10.1. The molecule has 1 saturated heterocycles. The van der Waals surface area contributed by atoms with Crippen LogP contribution in [0.2, 0.25) is 0 Å². The fourth-order valence-corrected chi connectivity index (χ4v) is 3.32. The number of likely N-dealkylation sites (N-methyl/N-ethyl adjacent to an activating group) is 1. The van der Waals surface area contributed by atoms with Gasteiger partial charge in [0.05, 0.1) is 13.7 Å². The minimum atomic E-state index is 0.608. The molecule has 1 heterocycles. The van der Waals surface area contributed by atoms with E-state index < -0.39 is 0 Å². The van der Waals surface area contributed by atoms with E-state index in [9.17, 15) is 0 Å². The summed E-state index contributed by atoms with van der Waals surface area (Å²) in [5, 5.41) is 6.80. The predicted molar refractivity (Wildman–Crippen MR) is 114 cm³/mol. The van der Waals surface area contributed by atoms with Crippen LogP contribution in [0, 0.1) is 6.92 Å². The van der Waals surface area contributed by atoms with E-state index >= 15 is 0 Å². The molecule has 0 aromatic heterocycles. The van der Waals surface area contributed by atoms with Crippen LogP contribution in [0.25, 0.3) is 0 Å². The molecule has 2 N–H and O–H groups in total. The Bertz CT molecular complexity index is 590. The van der Waals surface area contributed by atoms with E-state index in [2.05, 4.69) is 59.5 Å². The van der Waals surface area contributed by atoms with Crippen LogP contribution in [0.15, 0.2) is 23.2 Å². The number of guanidine groups is 1. The maximum atomic E-state index is 5.48. The molecule has 1 aromatic rings. The first kappa shape index (κ1) is 21.5. The third kappa shape index (κ3) is 7.77. The Kier molecular flexibility index (Phi) is 9.42. The summed E-state index contributed by atoms with van der Waals surface area (Å²) in [5.74, 6) is 1.77. The van der Waals surface area contributed by atoms with E-state index in [1.54, 1.807) is 7.11 Å². The van der Waals surface area contributed by atoms with Crippen LogP contribution in [0.1, 0.15) is 30.9 Å². The minimum absolute atomic E-state index is 0.608. The van der Waals surface area contributed by atoms with Gasteiger partial charge in [-0.25, -0.2) is 4.99 Å². The molecule has 27 heavy (non-hydrogen) atoms. The average molecular weight is 376 g/mol. The standard InChI is InChI=1S/C21H37N5O/c1-5-22-21(24-17-19-9-8-18(2)16-20(19)27-4)23-10-6-12-26-13-7-11-25(3)14-15-26/h8-9,16H,5-7,10-15,17H2,1-4H3,(H2,22,23,24). The summed E-state index contributed by atoms with van der Waals surface area (Å²) in [7, 11) is 3.93. The number of rotatable bonds is 8. The topological polar surface area (TPSA) is 52.1 Å². The molecule has 1 aliphatic rings. The summed E-state index contributed by atoms with van der Waals surface area (Å²) in [4.78, 5) is 9.73. The third-order valence-electron chi connectivity index (χ3n) is 4.95. The number of hydrogen-bond acceptors (Lipinski definition) is 4. The number of methoxy groups -OCH3 is 1. The van der Waals surface area contributed by atoms with E-state index in [1.165, 1.54) is 38.2 Å². The fourth-order valence-electron chi connectivity index (χ4n) is 3.32. The summed E-state index contributed by atoms with van der Waals surface area (Å²) >= 11 is 0. The Balaban J connectivity index is 1.80. The molecule has 1 aliphatic heterocycles.